The molecule has 2 aliphatic heterocycles. The molecule has 1 aromatic carbocycles. The lowest BCUT2D eigenvalue weighted by atomic mass is 9.86. The van der Waals surface area contributed by atoms with Gasteiger partial charge >= 0.3 is 0 Å². The smallest absolute Gasteiger partial charge is 0.230 e. The second-order valence-corrected chi connectivity index (χ2v) is 6.53. The summed E-state index contributed by atoms with van der Waals surface area (Å²) >= 11 is 0. The van der Waals surface area contributed by atoms with E-state index in [0.717, 1.165) is 23.0 Å². The Balaban J connectivity index is 1.81. The Morgan fingerprint density at radius 2 is 2.12 bits per heavy atom. The molecule has 0 radical (unpaired) electrons. The van der Waals surface area contributed by atoms with Gasteiger partial charge in [0.1, 0.15) is 5.82 Å². The minimum Gasteiger partial charge on any atom is -0.345 e. The van der Waals surface area contributed by atoms with Gasteiger partial charge < -0.3 is 14.8 Å². The number of carbonyl (C=O) groups is 1. The summed E-state index contributed by atoms with van der Waals surface area (Å²) in [6.07, 6.45) is 4.01. The van der Waals surface area contributed by atoms with Crippen LogP contribution in [0.25, 0.3) is 16.5 Å². The van der Waals surface area contributed by atoms with Crippen LogP contribution in [0.5, 0.6) is 0 Å². The highest BCUT2D eigenvalue weighted by Crippen LogP contribution is 2.37. The summed E-state index contributed by atoms with van der Waals surface area (Å²) < 4.78 is 16.7. The summed E-state index contributed by atoms with van der Waals surface area (Å²) in [4.78, 5) is 14.5. The van der Waals surface area contributed by atoms with Crippen LogP contribution in [0.4, 0.5) is 4.39 Å². The molecule has 0 aliphatic carbocycles. The minimum absolute atomic E-state index is 0.0609. The molecule has 126 valence electrons. The van der Waals surface area contributed by atoms with Gasteiger partial charge in [-0.3, -0.25) is 4.79 Å². The third kappa shape index (κ3) is 2.18. The molecule has 0 fully saturated rings. The fourth-order valence-corrected chi connectivity index (χ4v) is 4.01. The first-order chi connectivity index (χ1) is 11.6. The normalized spacial score (nSPS) is 22.2. The van der Waals surface area contributed by atoms with Crippen LogP contribution >= 0.6 is 0 Å². The first-order valence-electron chi connectivity index (χ1n) is 8.65. The van der Waals surface area contributed by atoms with Gasteiger partial charge in [-0.15, -0.1) is 0 Å². The van der Waals surface area contributed by atoms with Crippen LogP contribution in [0, 0.1) is 11.7 Å². The van der Waals surface area contributed by atoms with Crippen LogP contribution in [0.1, 0.15) is 19.4 Å². The van der Waals surface area contributed by atoms with Crippen molar-refractivity contribution in [3.05, 3.63) is 41.9 Å². The quantitative estimate of drug-likeness (QED) is 0.941. The topological polar surface area (TPSA) is 37.3 Å². The van der Waals surface area contributed by atoms with Gasteiger partial charge in [-0.2, -0.15) is 0 Å². The fourth-order valence-electron chi connectivity index (χ4n) is 4.01. The van der Waals surface area contributed by atoms with Crippen molar-refractivity contribution in [3.63, 3.8) is 0 Å². The largest absolute Gasteiger partial charge is 0.345 e. The summed E-state index contributed by atoms with van der Waals surface area (Å²) in [5.41, 5.74) is 2.52. The molecule has 4 rings (SSSR count). The van der Waals surface area contributed by atoms with Crippen molar-refractivity contribution >= 4 is 22.4 Å². The zero-order valence-electron chi connectivity index (χ0n) is 14.1. The van der Waals surface area contributed by atoms with Gasteiger partial charge in [-0.25, -0.2) is 4.39 Å². The number of nitrogens with zero attached hydrogens (tertiary/aromatic N) is 2. The number of nitrogens with one attached hydrogen (secondary N) is 1. The van der Waals surface area contributed by atoms with E-state index in [1.165, 1.54) is 6.07 Å². The van der Waals surface area contributed by atoms with E-state index in [-0.39, 0.29) is 23.7 Å². The SMILES string of the molecule is CCN(CC)C(=O)[C@@H]1C=C2c3c(F)ccc4ccn(c34)CC2NC1. The maximum atomic E-state index is 14.6. The monoisotopic (exact) mass is 327 g/mol. The number of rotatable bonds is 3. The average molecular weight is 327 g/mol. The number of carbonyl (C=O) groups excluding carboxylic acids is 1. The average Bonchev–Trinajstić information content (AvgIpc) is 3.01. The van der Waals surface area contributed by atoms with Crippen LogP contribution in [-0.4, -0.2) is 41.1 Å². The van der Waals surface area contributed by atoms with E-state index in [1.54, 1.807) is 0 Å². The highest BCUT2D eigenvalue weighted by Gasteiger charge is 2.34. The van der Waals surface area contributed by atoms with Crippen LogP contribution in [0.2, 0.25) is 0 Å². The zero-order valence-corrected chi connectivity index (χ0v) is 14.1. The van der Waals surface area contributed by atoms with Crippen molar-refractivity contribution < 1.29 is 9.18 Å². The van der Waals surface area contributed by atoms with E-state index in [2.05, 4.69) is 9.88 Å². The van der Waals surface area contributed by atoms with Crippen molar-refractivity contribution in [2.24, 2.45) is 5.92 Å². The van der Waals surface area contributed by atoms with E-state index in [4.69, 9.17) is 0 Å². The molecule has 24 heavy (non-hydrogen) atoms. The lowest BCUT2D eigenvalue weighted by Gasteiger charge is -2.35. The summed E-state index contributed by atoms with van der Waals surface area (Å²) in [7, 11) is 0. The molecule has 1 unspecified atom stereocenters. The van der Waals surface area contributed by atoms with Crippen molar-refractivity contribution in [3.8, 4) is 0 Å². The van der Waals surface area contributed by atoms with Crippen molar-refractivity contribution in [2.75, 3.05) is 19.6 Å². The summed E-state index contributed by atoms with van der Waals surface area (Å²) in [6, 6.07) is 5.43. The van der Waals surface area contributed by atoms with Gasteiger partial charge in [-0.1, -0.05) is 6.08 Å². The summed E-state index contributed by atoms with van der Waals surface area (Å²) in [5, 5.41) is 4.50. The number of hydrogen-bond acceptors (Lipinski definition) is 2. The van der Waals surface area contributed by atoms with Crippen LogP contribution in [0.15, 0.2) is 30.5 Å². The molecule has 1 aromatic heterocycles. The Bertz CT molecular complexity index is 834. The molecule has 5 heteroatoms. The Hall–Kier alpha value is -2.14. The van der Waals surface area contributed by atoms with Crippen LogP contribution < -0.4 is 5.32 Å². The number of fused-ring (bicyclic) bond motifs is 2. The second kappa shape index (κ2) is 5.74. The van der Waals surface area contributed by atoms with Gasteiger partial charge in [0.2, 0.25) is 5.91 Å². The van der Waals surface area contributed by atoms with E-state index in [0.29, 0.717) is 25.2 Å². The van der Waals surface area contributed by atoms with Gasteiger partial charge in [-0.05, 0) is 37.6 Å². The number of aromatic nitrogens is 1. The molecule has 4 nitrogen and oxygen atoms in total. The van der Waals surface area contributed by atoms with Gasteiger partial charge in [0.15, 0.2) is 0 Å². The van der Waals surface area contributed by atoms with Crippen molar-refractivity contribution in [1.82, 2.24) is 14.8 Å². The van der Waals surface area contributed by atoms with Crippen LogP contribution in [0.3, 0.4) is 0 Å². The predicted molar refractivity (Wildman–Crippen MR) is 93.1 cm³/mol. The maximum absolute atomic E-state index is 14.6. The Kier molecular flexibility index (Phi) is 3.68. The number of halogens is 1. The molecule has 2 aliphatic rings. The molecule has 0 bridgehead atoms. The second-order valence-electron chi connectivity index (χ2n) is 6.53. The number of benzene rings is 1. The molecule has 0 spiro atoms. The van der Waals surface area contributed by atoms with E-state index >= 15 is 0 Å². The summed E-state index contributed by atoms with van der Waals surface area (Å²) in [5.74, 6) is -0.324. The zero-order chi connectivity index (χ0) is 16.8. The molecular formula is C19H22FN3O. The third-order valence-corrected chi connectivity index (χ3v) is 5.28. The fraction of sp³-hybridized carbons (Fsp3) is 0.421. The predicted octanol–water partition coefficient (Wildman–Crippen LogP) is 2.63. The molecule has 3 heterocycles. The first kappa shape index (κ1) is 15.4. The Morgan fingerprint density at radius 1 is 1.33 bits per heavy atom. The lowest BCUT2D eigenvalue weighted by molar-refractivity contribution is -0.133. The third-order valence-electron chi connectivity index (χ3n) is 5.28. The number of hydrogen-bond donors (Lipinski definition) is 1. The minimum atomic E-state index is -0.229. The molecular weight excluding hydrogens is 305 g/mol. The Labute approximate surface area is 140 Å². The highest BCUT2D eigenvalue weighted by atomic mass is 19.1. The Morgan fingerprint density at radius 3 is 2.88 bits per heavy atom. The lowest BCUT2D eigenvalue weighted by Crippen LogP contribution is -2.47. The van der Waals surface area contributed by atoms with Gasteiger partial charge in [0.25, 0.3) is 0 Å². The molecule has 2 aromatic rings. The van der Waals surface area contributed by atoms with Crippen LogP contribution in [-0.2, 0) is 11.3 Å². The maximum Gasteiger partial charge on any atom is 0.230 e. The number of amides is 1. The van der Waals surface area contributed by atoms with Gasteiger partial charge in [0.05, 0.1) is 17.5 Å². The van der Waals surface area contributed by atoms with E-state index in [1.807, 2.05) is 43.2 Å². The summed E-state index contributed by atoms with van der Waals surface area (Å²) in [6.45, 7) is 6.76. The van der Waals surface area contributed by atoms with Gasteiger partial charge in [0, 0.05) is 43.3 Å². The molecule has 1 N–H and O–H groups in total. The van der Waals surface area contributed by atoms with E-state index in [9.17, 15) is 9.18 Å². The van der Waals surface area contributed by atoms with Crippen molar-refractivity contribution in [2.45, 2.75) is 26.4 Å². The molecule has 1 amide bonds. The first-order valence-corrected chi connectivity index (χ1v) is 8.65. The molecule has 0 saturated heterocycles. The standard InChI is InChI=1S/C19H22FN3O/c1-3-22(4-2)19(24)13-9-14-16(21-10-13)11-23-8-7-12-5-6-15(20)17(14)18(12)23/h5-9,13,16,21H,3-4,10-11H2,1-2H3/t13-,16?/m1/s1. The highest BCUT2D eigenvalue weighted by molar-refractivity contribution is 5.96. The van der Waals surface area contributed by atoms with E-state index < -0.39 is 0 Å². The molecule has 0 saturated carbocycles. The van der Waals surface area contributed by atoms with Crippen molar-refractivity contribution in [1.29, 1.82) is 0 Å². The molecule has 2 atom stereocenters.